The van der Waals surface area contributed by atoms with Crippen LogP contribution in [0.15, 0.2) is 48.5 Å². The highest BCUT2D eigenvalue weighted by Gasteiger charge is 2.15. The Balaban J connectivity index is 2.07. The Morgan fingerprint density at radius 3 is 2.45 bits per heavy atom. The maximum absolute atomic E-state index is 13.1. The number of hydrogen-bond donors (Lipinski definition) is 1. The van der Waals surface area contributed by atoms with Crippen LogP contribution in [0.1, 0.15) is 19.4 Å². The minimum atomic E-state index is -0.364. The van der Waals surface area contributed by atoms with Crippen LogP contribution in [0.3, 0.4) is 0 Å². The lowest BCUT2D eigenvalue weighted by atomic mass is 10.2. The predicted molar refractivity (Wildman–Crippen MR) is 88.7 cm³/mol. The van der Waals surface area contributed by atoms with Gasteiger partial charge in [-0.05, 0) is 51.1 Å². The van der Waals surface area contributed by atoms with Gasteiger partial charge in [0, 0.05) is 17.4 Å². The van der Waals surface area contributed by atoms with Gasteiger partial charge in [-0.3, -0.25) is 4.79 Å². The molecule has 1 amide bonds. The topological polar surface area (TPSA) is 32.3 Å². The fourth-order valence-electron chi connectivity index (χ4n) is 2.23. The molecule has 3 nitrogen and oxygen atoms in total. The third kappa shape index (κ3) is 4.32. The highest BCUT2D eigenvalue weighted by Crippen LogP contribution is 2.18. The molecule has 0 saturated carbocycles. The molecule has 0 aliphatic heterocycles. The normalized spacial score (nSPS) is 10.6. The lowest BCUT2D eigenvalue weighted by Crippen LogP contribution is -2.38. The van der Waals surface area contributed by atoms with Crippen molar-refractivity contribution in [1.82, 2.24) is 0 Å². The molecule has 0 aliphatic carbocycles. The fraction of sp³-hybridized carbons (Fsp3) is 0.278. The van der Waals surface area contributed by atoms with E-state index in [1.807, 2.05) is 49.9 Å². The van der Waals surface area contributed by atoms with Crippen LogP contribution in [-0.2, 0) is 4.79 Å². The molecule has 0 heterocycles. The molecule has 0 spiro atoms. The van der Waals surface area contributed by atoms with Crippen LogP contribution in [0.5, 0.6) is 0 Å². The van der Waals surface area contributed by atoms with Crippen molar-refractivity contribution in [3.8, 4) is 0 Å². The van der Waals surface area contributed by atoms with Crippen LogP contribution in [0.4, 0.5) is 15.8 Å². The number of nitrogens with zero attached hydrogens (tertiary/aromatic N) is 1. The second kappa shape index (κ2) is 7.07. The van der Waals surface area contributed by atoms with Crippen molar-refractivity contribution < 1.29 is 9.18 Å². The number of rotatable bonds is 5. The number of amides is 1. The molecular weight excluding hydrogens is 279 g/mol. The van der Waals surface area contributed by atoms with Crippen LogP contribution >= 0.6 is 0 Å². The van der Waals surface area contributed by atoms with Crippen molar-refractivity contribution in [2.45, 2.75) is 26.8 Å². The molecule has 0 radical (unpaired) electrons. The van der Waals surface area contributed by atoms with Crippen LogP contribution < -0.4 is 10.2 Å². The molecule has 0 saturated heterocycles. The lowest BCUT2D eigenvalue weighted by molar-refractivity contribution is -0.115. The van der Waals surface area contributed by atoms with Crippen molar-refractivity contribution in [1.29, 1.82) is 0 Å². The summed E-state index contributed by atoms with van der Waals surface area (Å²) in [6, 6.07) is 14.1. The van der Waals surface area contributed by atoms with Crippen molar-refractivity contribution in [2.24, 2.45) is 0 Å². The average Bonchev–Trinajstić information content (AvgIpc) is 2.45. The average molecular weight is 300 g/mol. The molecule has 1 N–H and O–H groups in total. The second-order valence-corrected chi connectivity index (χ2v) is 5.62. The van der Waals surface area contributed by atoms with E-state index in [4.69, 9.17) is 0 Å². The van der Waals surface area contributed by atoms with Gasteiger partial charge in [0.05, 0.1) is 6.54 Å². The molecule has 0 unspecified atom stereocenters. The largest absolute Gasteiger partial charge is 0.360 e. The third-order valence-electron chi connectivity index (χ3n) is 3.41. The number of aryl methyl sites for hydroxylation is 1. The Kier molecular flexibility index (Phi) is 5.15. The van der Waals surface area contributed by atoms with Gasteiger partial charge < -0.3 is 10.2 Å². The molecule has 0 fully saturated rings. The quantitative estimate of drug-likeness (QED) is 0.905. The standard InChI is InChI=1S/C18H21FN2O/c1-13(2)21(17-9-7-14(3)8-10-17)12-18(22)20-16-6-4-5-15(19)11-16/h4-11,13H,12H2,1-3H3,(H,20,22). The minimum absolute atomic E-state index is 0.167. The Labute approximate surface area is 130 Å². The number of halogens is 1. The van der Waals surface area contributed by atoms with E-state index in [1.165, 1.54) is 17.7 Å². The summed E-state index contributed by atoms with van der Waals surface area (Å²) >= 11 is 0. The van der Waals surface area contributed by atoms with E-state index in [9.17, 15) is 9.18 Å². The lowest BCUT2D eigenvalue weighted by Gasteiger charge is -2.28. The Bertz CT molecular complexity index is 638. The van der Waals surface area contributed by atoms with Crippen molar-refractivity contribution in [3.63, 3.8) is 0 Å². The molecule has 4 heteroatoms. The minimum Gasteiger partial charge on any atom is -0.360 e. The van der Waals surface area contributed by atoms with Gasteiger partial charge >= 0.3 is 0 Å². The van der Waals surface area contributed by atoms with E-state index in [1.54, 1.807) is 12.1 Å². The van der Waals surface area contributed by atoms with Crippen LogP contribution in [0.25, 0.3) is 0 Å². The van der Waals surface area contributed by atoms with Crippen LogP contribution in [0, 0.1) is 12.7 Å². The van der Waals surface area contributed by atoms with Gasteiger partial charge in [0.15, 0.2) is 0 Å². The summed E-state index contributed by atoms with van der Waals surface area (Å²) in [4.78, 5) is 14.2. The van der Waals surface area contributed by atoms with Gasteiger partial charge in [-0.2, -0.15) is 0 Å². The van der Waals surface area contributed by atoms with E-state index in [0.29, 0.717) is 5.69 Å². The Hall–Kier alpha value is -2.36. The monoisotopic (exact) mass is 300 g/mol. The van der Waals surface area contributed by atoms with Gasteiger partial charge in [-0.25, -0.2) is 4.39 Å². The number of benzene rings is 2. The number of carbonyl (C=O) groups is 1. The van der Waals surface area contributed by atoms with Gasteiger partial charge in [0.25, 0.3) is 0 Å². The van der Waals surface area contributed by atoms with Gasteiger partial charge in [0.2, 0.25) is 5.91 Å². The first-order chi connectivity index (χ1) is 10.5. The zero-order valence-corrected chi connectivity index (χ0v) is 13.1. The first-order valence-corrected chi connectivity index (χ1v) is 7.34. The predicted octanol–water partition coefficient (Wildman–Crippen LogP) is 3.99. The van der Waals surface area contributed by atoms with E-state index >= 15 is 0 Å². The summed E-state index contributed by atoms with van der Waals surface area (Å²) in [6.45, 7) is 6.32. The van der Waals surface area contributed by atoms with Gasteiger partial charge in [-0.15, -0.1) is 0 Å². The van der Waals surface area contributed by atoms with Crippen molar-refractivity contribution in [2.75, 3.05) is 16.8 Å². The molecule has 116 valence electrons. The molecule has 2 aromatic rings. The molecule has 2 aromatic carbocycles. The smallest absolute Gasteiger partial charge is 0.243 e. The van der Waals surface area contributed by atoms with E-state index in [0.717, 1.165) is 5.69 Å². The second-order valence-electron chi connectivity index (χ2n) is 5.62. The summed E-state index contributed by atoms with van der Waals surface area (Å²) in [6.07, 6.45) is 0. The SMILES string of the molecule is Cc1ccc(N(CC(=O)Nc2cccc(F)c2)C(C)C)cc1. The molecule has 0 aliphatic rings. The Morgan fingerprint density at radius 2 is 1.86 bits per heavy atom. The summed E-state index contributed by atoms with van der Waals surface area (Å²) in [7, 11) is 0. The van der Waals surface area contributed by atoms with Crippen molar-refractivity contribution >= 4 is 17.3 Å². The zero-order chi connectivity index (χ0) is 16.1. The fourth-order valence-corrected chi connectivity index (χ4v) is 2.23. The maximum atomic E-state index is 13.1. The molecular formula is C18H21FN2O. The number of nitrogens with one attached hydrogen (secondary N) is 1. The number of hydrogen-bond acceptors (Lipinski definition) is 2. The number of carbonyl (C=O) groups excluding carboxylic acids is 1. The summed E-state index contributed by atoms with van der Waals surface area (Å²) < 4.78 is 13.1. The van der Waals surface area contributed by atoms with E-state index in [2.05, 4.69) is 5.32 Å². The first kappa shape index (κ1) is 16.0. The summed E-state index contributed by atoms with van der Waals surface area (Å²) in [5.41, 5.74) is 2.64. The Morgan fingerprint density at radius 1 is 1.18 bits per heavy atom. The van der Waals surface area contributed by atoms with E-state index in [-0.39, 0.29) is 24.3 Å². The zero-order valence-electron chi connectivity index (χ0n) is 13.1. The van der Waals surface area contributed by atoms with Crippen LogP contribution in [-0.4, -0.2) is 18.5 Å². The highest BCUT2D eigenvalue weighted by molar-refractivity contribution is 5.94. The van der Waals surface area contributed by atoms with Gasteiger partial charge in [-0.1, -0.05) is 23.8 Å². The van der Waals surface area contributed by atoms with Crippen LogP contribution in [0.2, 0.25) is 0 Å². The highest BCUT2D eigenvalue weighted by atomic mass is 19.1. The maximum Gasteiger partial charge on any atom is 0.243 e. The molecule has 2 rings (SSSR count). The molecule has 0 atom stereocenters. The third-order valence-corrected chi connectivity index (χ3v) is 3.41. The van der Waals surface area contributed by atoms with Gasteiger partial charge in [0.1, 0.15) is 5.82 Å². The molecule has 22 heavy (non-hydrogen) atoms. The van der Waals surface area contributed by atoms with E-state index < -0.39 is 0 Å². The summed E-state index contributed by atoms with van der Waals surface area (Å²) in [5.74, 6) is -0.531. The number of anilines is 2. The molecule has 0 aromatic heterocycles. The molecule has 0 bridgehead atoms. The van der Waals surface area contributed by atoms with Crippen molar-refractivity contribution in [3.05, 3.63) is 59.9 Å². The first-order valence-electron chi connectivity index (χ1n) is 7.34. The summed E-state index contributed by atoms with van der Waals surface area (Å²) in [5, 5.41) is 2.73.